The van der Waals surface area contributed by atoms with Crippen molar-refractivity contribution in [2.45, 2.75) is 26.7 Å². The predicted octanol–water partition coefficient (Wildman–Crippen LogP) is 4.58. The van der Waals surface area contributed by atoms with Crippen LogP contribution in [0.1, 0.15) is 23.2 Å². The number of hydrogen-bond donors (Lipinski definition) is 1. The molecule has 0 radical (unpaired) electrons. The van der Waals surface area contributed by atoms with Crippen LogP contribution in [0, 0.1) is 13.8 Å². The summed E-state index contributed by atoms with van der Waals surface area (Å²) in [6, 6.07) is 17.9. The van der Waals surface area contributed by atoms with Crippen molar-refractivity contribution >= 4 is 17.4 Å². The fourth-order valence-electron chi connectivity index (χ4n) is 3.37. The van der Waals surface area contributed by atoms with E-state index in [0.29, 0.717) is 12.2 Å². The van der Waals surface area contributed by atoms with E-state index in [-0.39, 0.29) is 5.91 Å². The molecule has 0 bridgehead atoms. The zero-order valence-corrected chi connectivity index (χ0v) is 16.0. The molecule has 0 fully saturated rings. The van der Waals surface area contributed by atoms with Crippen LogP contribution in [-0.2, 0) is 11.2 Å². The standard InChI is InChI=1S/C23H22N4O/c1-16-6-3-7-18(14-16)10-11-21(28)25-20-9-4-8-19(15-20)22-17(2)27-13-5-12-24-23(27)26-22/h3-9,12-15H,10-11H2,1-2H3,(H,25,28). The number of anilines is 1. The summed E-state index contributed by atoms with van der Waals surface area (Å²) >= 11 is 0. The summed E-state index contributed by atoms with van der Waals surface area (Å²) in [6.07, 6.45) is 4.86. The van der Waals surface area contributed by atoms with E-state index < -0.39 is 0 Å². The molecule has 0 spiro atoms. The molecule has 0 saturated heterocycles. The van der Waals surface area contributed by atoms with Crippen LogP contribution in [0.25, 0.3) is 17.0 Å². The van der Waals surface area contributed by atoms with Crippen LogP contribution in [0.2, 0.25) is 0 Å². The molecular formula is C23H22N4O. The highest BCUT2D eigenvalue weighted by atomic mass is 16.1. The lowest BCUT2D eigenvalue weighted by molar-refractivity contribution is -0.116. The maximum atomic E-state index is 12.4. The molecular weight excluding hydrogens is 348 g/mol. The molecule has 5 heteroatoms. The van der Waals surface area contributed by atoms with E-state index in [2.05, 4.69) is 40.4 Å². The Balaban J connectivity index is 1.49. The maximum absolute atomic E-state index is 12.4. The van der Waals surface area contributed by atoms with Crippen molar-refractivity contribution in [2.75, 3.05) is 5.32 Å². The Morgan fingerprint density at radius 1 is 1.07 bits per heavy atom. The number of benzene rings is 2. The van der Waals surface area contributed by atoms with Gasteiger partial charge in [0.2, 0.25) is 11.7 Å². The molecule has 140 valence electrons. The highest BCUT2D eigenvalue weighted by Crippen LogP contribution is 2.25. The van der Waals surface area contributed by atoms with E-state index >= 15 is 0 Å². The van der Waals surface area contributed by atoms with Gasteiger partial charge < -0.3 is 5.32 Å². The van der Waals surface area contributed by atoms with Crippen molar-refractivity contribution in [1.82, 2.24) is 14.4 Å². The molecule has 5 nitrogen and oxygen atoms in total. The topological polar surface area (TPSA) is 59.3 Å². The number of amides is 1. The molecule has 2 aromatic heterocycles. The number of carbonyl (C=O) groups is 1. The Bertz CT molecular complexity index is 1150. The number of nitrogens with zero attached hydrogens (tertiary/aromatic N) is 3. The van der Waals surface area contributed by atoms with Gasteiger partial charge in [0.25, 0.3) is 0 Å². The number of hydrogen-bond acceptors (Lipinski definition) is 3. The van der Waals surface area contributed by atoms with Gasteiger partial charge in [0.15, 0.2) is 0 Å². The van der Waals surface area contributed by atoms with Gasteiger partial charge in [-0.15, -0.1) is 0 Å². The molecule has 4 aromatic rings. The summed E-state index contributed by atoms with van der Waals surface area (Å²) in [5.74, 6) is 0.676. The zero-order valence-electron chi connectivity index (χ0n) is 16.0. The third kappa shape index (κ3) is 3.78. The van der Waals surface area contributed by atoms with Crippen molar-refractivity contribution in [3.8, 4) is 11.3 Å². The second kappa shape index (κ2) is 7.64. The van der Waals surface area contributed by atoms with Gasteiger partial charge in [-0.05, 0) is 44.0 Å². The van der Waals surface area contributed by atoms with Gasteiger partial charge in [-0.3, -0.25) is 9.20 Å². The van der Waals surface area contributed by atoms with Crippen molar-refractivity contribution < 1.29 is 4.79 Å². The third-order valence-electron chi connectivity index (χ3n) is 4.79. The van der Waals surface area contributed by atoms with Crippen molar-refractivity contribution in [2.24, 2.45) is 0 Å². The number of aryl methyl sites for hydroxylation is 3. The minimum absolute atomic E-state index is 0.00652. The van der Waals surface area contributed by atoms with E-state index in [9.17, 15) is 4.79 Å². The lowest BCUT2D eigenvalue weighted by Gasteiger charge is -2.08. The highest BCUT2D eigenvalue weighted by Gasteiger charge is 2.12. The van der Waals surface area contributed by atoms with E-state index in [4.69, 9.17) is 0 Å². The van der Waals surface area contributed by atoms with Gasteiger partial charge in [0, 0.05) is 35.8 Å². The average molecular weight is 370 g/mol. The van der Waals surface area contributed by atoms with Gasteiger partial charge in [-0.2, -0.15) is 0 Å². The first-order chi connectivity index (χ1) is 13.6. The first kappa shape index (κ1) is 17.9. The monoisotopic (exact) mass is 370 g/mol. The maximum Gasteiger partial charge on any atom is 0.234 e. The van der Waals surface area contributed by atoms with Gasteiger partial charge in [-0.1, -0.05) is 42.0 Å². The second-order valence-corrected chi connectivity index (χ2v) is 6.95. The van der Waals surface area contributed by atoms with Crippen LogP contribution in [0.5, 0.6) is 0 Å². The first-order valence-electron chi connectivity index (χ1n) is 9.36. The van der Waals surface area contributed by atoms with Crippen molar-refractivity contribution in [3.63, 3.8) is 0 Å². The van der Waals surface area contributed by atoms with Gasteiger partial charge in [0.1, 0.15) is 0 Å². The minimum Gasteiger partial charge on any atom is -0.326 e. The number of imidazole rings is 1. The van der Waals surface area contributed by atoms with Crippen LogP contribution < -0.4 is 5.32 Å². The summed E-state index contributed by atoms with van der Waals surface area (Å²) in [4.78, 5) is 21.3. The number of fused-ring (bicyclic) bond motifs is 1. The van der Waals surface area contributed by atoms with Crippen LogP contribution in [0.3, 0.4) is 0 Å². The molecule has 0 aliphatic carbocycles. The largest absolute Gasteiger partial charge is 0.326 e. The molecule has 0 unspecified atom stereocenters. The Labute approximate surface area is 164 Å². The predicted molar refractivity (Wildman–Crippen MR) is 111 cm³/mol. The van der Waals surface area contributed by atoms with Crippen molar-refractivity contribution in [1.29, 1.82) is 0 Å². The first-order valence-corrected chi connectivity index (χ1v) is 9.36. The van der Waals surface area contributed by atoms with Crippen LogP contribution in [0.4, 0.5) is 5.69 Å². The van der Waals surface area contributed by atoms with E-state index in [1.165, 1.54) is 11.1 Å². The number of carbonyl (C=O) groups excluding carboxylic acids is 1. The summed E-state index contributed by atoms with van der Waals surface area (Å²) in [5, 5.41) is 3.00. The summed E-state index contributed by atoms with van der Waals surface area (Å²) in [5.41, 5.74) is 6.01. The third-order valence-corrected chi connectivity index (χ3v) is 4.79. The number of aromatic nitrogens is 3. The summed E-state index contributed by atoms with van der Waals surface area (Å²) in [7, 11) is 0. The lowest BCUT2D eigenvalue weighted by atomic mass is 10.1. The Hall–Kier alpha value is -3.47. The van der Waals surface area contributed by atoms with E-state index in [1.807, 2.05) is 53.9 Å². The van der Waals surface area contributed by atoms with Gasteiger partial charge in [0.05, 0.1) is 5.69 Å². The molecule has 28 heavy (non-hydrogen) atoms. The quantitative estimate of drug-likeness (QED) is 0.559. The fraction of sp³-hybridized carbons (Fsp3) is 0.174. The molecule has 0 saturated carbocycles. The summed E-state index contributed by atoms with van der Waals surface area (Å²) in [6.45, 7) is 4.08. The Morgan fingerprint density at radius 2 is 1.93 bits per heavy atom. The lowest BCUT2D eigenvalue weighted by Crippen LogP contribution is -2.12. The molecule has 0 atom stereocenters. The molecule has 2 heterocycles. The number of nitrogens with one attached hydrogen (secondary N) is 1. The van der Waals surface area contributed by atoms with Crippen LogP contribution >= 0.6 is 0 Å². The minimum atomic E-state index is 0.00652. The number of rotatable bonds is 5. The second-order valence-electron chi connectivity index (χ2n) is 6.95. The van der Waals surface area contributed by atoms with Gasteiger partial charge >= 0.3 is 0 Å². The highest BCUT2D eigenvalue weighted by molar-refractivity contribution is 5.91. The van der Waals surface area contributed by atoms with Crippen LogP contribution in [-0.4, -0.2) is 20.3 Å². The Morgan fingerprint density at radius 3 is 2.75 bits per heavy atom. The van der Waals surface area contributed by atoms with Crippen LogP contribution in [0.15, 0.2) is 67.0 Å². The molecule has 0 aliphatic rings. The average Bonchev–Trinajstić information content (AvgIpc) is 3.04. The molecule has 2 aromatic carbocycles. The molecule has 0 aliphatic heterocycles. The van der Waals surface area contributed by atoms with E-state index in [0.717, 1.165) is 29.1 Å². The normalized spacial score (nSPS) is 10.9. The molecule has 1 N–H and O–H groups in total. The molecule has 1 amide bonds. The molecule has 4 rings (SSSR count). The fourth-order valence-corrected chi connectivity index (χ4v) is 3.37. The summed E-state index contributed by atoms with van der Waals surface area (Å²) < 4.78 is 1.96. The Kier molecular flexibility index (Phi) is 4.89. The SMILES string of the molecule is Cc1cccc(CCC(=O)Nc2cccc(-c3nc4ncccn4c3C)c2)c1. The smallest absolute Gasteiger partial charge is 0.234 e. The zero-order chi connectivity index (χ0) is 19.5. The van der Waals surface area contributed by atoms with Gasteiger partial charge in [-0.25, -0.2) is 9.97 Å². The van der Waals surface area contributed by atoms with Crippen molar-refractivity contribution in [3.05, 3.63) is 83.8 Å². The van der Waals surface area contributed by atoms with E-state index in [1.54, 1.807) is 6.20 Å².